The van der Waals surface area contributed by atoms with Gasteiger partial charge in [0.05, 0.1) is 16.3 Å². The number of para-hydroxylation sites is 1. The number of nitrogens with two attached hydrogens (primary N) is 3. The van der Waals surface area contributed by atoms with E-state index in [1.54, 1.807) is 57.1 Å². The van der Waals surface area contributed by atoms with Gasteiger partial charge in [0.2, 0.25) is 5.91 Å². The van der Waals surface area contributed by atoms with Crippen molar-refractivity contribution >= 4 is 34.3 Å². The van der Waals surface area contributed by atoms with Gasteiger partial charge in [-0.25, -0.2) is 23.7 Å². The third kappa shape index (κ3) is 16.0. The van der Waals surface area contributed by atoms with Crippen LogP contribution >= 0.6 is 0 Å². The number of benzene rings is 1. The Morgan fingerprint density at radius 1 is 1.18 bits per heavy atom. The summed E-state index contributed by atoms with van der Waals surface area (Å²) in [7, 11) is 1.94. The highest BCUT2D eigenvalue weighted by Crippen LogP contribution is 2.20. The summed E-state index contributed by atoms with van der Waals surface area (Å²) in [6.45, 7) is 17.6. The number of rotatable bonds is 9. The molecule has 0 aliphatic heterocycles. The standard InChI is InChI=1S/C10H14N4OS.C9H13FN2.C8H15NO/c1-7(11)6-10(12)14-8-4-2-3-5-9(8)16(13)15;1-5-9(10)7(3)12-8(4)11-6-2;1-5-7(6-2)8(10)9(3)4/h2-5H,1,6,11,13H2,(H2,12,14);5-6H,2-3H2,1,4H3,(H,11,12);5H,6H2,1-4H3/b;9-5+;7-5+. The largest absolute Gasteiger partial charge is 0.402 e. The van der Waals surface area contributed by atoms with Crippen LogP contribution in [0.15, 0.2) is 100 Å². The average molecular weight is 548 g/mol. The van der Waals surface area contributed by atoms with E-state index in [-0.39, 0.29) is 17.4 Å². The van der Waals surface area contributed by atoms with Crippen LogP contribution in [0.4, 0.5) is 10.1 Å². The number of allylic oxidation sites excluding steroid dienone is 3. The Morgan fingerprint density at radius 3 is 2.16 bits per heavy atom. The molecule has 0 aliphatic rings. The summed E-state index contributed by atoms with van der Waals surface area (Å²) in [6.07, 6.45) is 5.68. The second-order valence-corrected chi connectivity index (χ2v) is 8.74. The zero-order valence-corrected chi connectivity index (χ0v) is 24.1. The highest BCUT2D eigenvalue weighted by molar-refractivity contribution is 7.82. The van der Waals surface area contributed by atoms with Crippen molar-refractivity contribution in [3.8, 4) is 0 Å². The van der Waals surface area contributed by atoms with Gasteiger partial charge in [-0.05, 0) is 45.4 Å². The minimum absolute atomic E-state index is 0.116. The third-order valence-electron chi connectivity index (χ3n) is 4.32. The normalized spacial score (nSPS) is 12.6. The van der Waals surface area contributed by atoms with Crippen molar-refractivity contribution in [1.82, 2.24) is 10.2 Å². The number of amidine groups is 2. The summed E-state index contributed by atoms with van der Waals surface area (Å²) in [6, 6.07) is 6.82. The van der Waals surface area contributed by atoms with Crippen LogP contribution in [0.5, 0.6) is 0 Å². The molecule has 0 saturated carbocycles. The fourth-order valence-electron chi connectivity index (χ4n) is 2.53. The lowest BCUT2D eigenvalue weighted by atomic mass is 10.2. The number of aliphatic imine (C=N–C) groups is 2. The molecule has 0 heterocycles. The fourth-order valence-corrected chi connectivity index (χ4v) is 3.07. The predicted molar refractivity (Wildman–Crippen MR) is 159 cm³/mol. The van der Waals surface area contributed by atoms with Gasteiger partial charge in [0.15, 0.2) is 0 Å². The molecule has 1 aromatic rings. The molecule has 11 heteroatoms. The first-order valence-electron chi connectivity index (χ1n) is 11.6. The number of amides is 1. The molecule has 0 aromatic heterocycles. The van der Waals surface area contributed by atoms with E-state index in [0.29, 0.717) is 34.4 Å². The molecule has 0 radical (unpaired) electrons. The van der Waals surface area contributed by atoms with Gasteiger partial charge < -0.3 is 21.7 Å². The average Bonchev–Trinajstić information content (AvgIpc) is 2.84. The fraction of sp³-hybridized carbons (Fsp3) is 0.296. The summed E-state index contributed by atoms with van der Waals surface area (Å²) >= 11 is 0. The molecule has 38 heavy (non-hydrogen) atoms. The number of halogens is 1. The van der Waals surface area contributed by atoms with Gasteiger partial charge in [-0.2, -0.15) is 0 Å². The van der Waals surface area contributed by atoms with Crippen LogP contribution in [0.1, 0.15) is 40.5 Å². The predicted octanol–water partition coefficient (Wildman–Crippen LogP) is 4.47. The van der Waals surface area contributed by atoms with Crippen molar-refractivity contribution in [3.63, 3.8) is 0 Å². The molecule has 7 N–H and O–H groups in total. The van der Waals surface area contributed by atoms with Gasteiger partial charge in [-0.3, -0.25) is 4.79 Å². The Bertz CT molecular complexity index is 1110. The summed E-state index contributed by atoms with van der Waals surface area (Å²) in [5.41, 5.74) is 13.1. The van der Waals surface area contributed by atoms with Crippen LogP contribution < -0.4 is 21.9 Å². The number of likely N-dealkylation sites (N-methyl/N-ethyl adjacent to an activating group) is 1. The van der Waals surface area contributed by atoms with Crippen molar-refractivity contribution in [2.75, 3.05) is 14.1 Å². The number of hydrogen-bond donors (Lipinski definition) is 4. The quantitative estimate of drug-likeness (QED) is 0.155. The van der Waals surface area contributed by atoms with Gasteiger partial charge in [0.25, 0.3) is 0 Å². The van der Waals surface area contributed by atoms with E-state index in [4.69, 9.17) is 16.6 Å². The Balaban J connectivity index is 0. The maximum atomic E-state index is 12.7. The number of nitrogens with one attached hydrogen (secondary N) is 1. The number of carbonyl (C=O) groups excluding carboxylic acids is 1. The minimum Gasteiger partial charge on any atom is -0.402 e. The second kappa shape index (κ2) is 20.3. The Morgan fingerprint density at radius 2 is 1.76 bits per heavy atom. The van der Waals surface area contributed by atoms with Gasteiger partial charge in [0, 0.05) is 38.0 Å². The zero-order valence-electron chi connectivity index (χ0n) is 23.3. The molecule has 1 amide bonds. The van der Waals surface area contributed by atoms with Crippen LogP contribution in [0.3, 0.4) is 0 Å². The molecular formula is C27H42FN7O2S. The number of carbonyl (C=O) groups is 1. The van der Waals surface area contributed by atoms with Crippen molar-refractivity contribution < 1.29 is 13.4 Å². The van der Waals surface area contributed by atoms with Crippen molar-refractivity contribution in [2.24, 2.45) is 26.6 Å². The number of nitrogens with zero attached hydrogens (tertiary/aromatic N) is 3. The highest BCUT2D eigenvalue weighted by Gasteiger charge is 2.07. The van der Waals surface area contributed by atoms with E-state index >= 15 is 0 Å². The van der Waals surface area contributed by atoms with Gasteiger partial charge in [-0.15, -0.1) is 0 Å². The molecule has 1 unspecified atom stereocenters. The first-order chi connectivity index (χ1) is 17.7. The van der Waals surface area contributed by atoms with E-state index in [0.717, 1.165) is 12.0 Å². The van der Waals surface area contributed by atoms with Crippen LogP contribution in [0.25, 0.3) is 0 Å². The highest BCUT2D eigenvalue weighted by atomic mass is 32.2. The molecule has 0 spiro atoms. The molecular weight excluding hydrogens is 505 g/mol. The van der Waals surface area contributed by atoms with Crippen molar-refractivity contribution in [1.29, 1.82) is 0 Å². The topological polar surface area (TPSA) is 152 Å². The van der Waals surface area contributed by atoms with Crippen LogP contribution in [0, 0.1) is 0 Å². The molecule has 0 saturated heterocycles. The van der Waals surface area contributed by atoms with E-state index in [9.17, 15) is 13.4 Å². The molecule has 9 nitrogen and oxygen atoms in total. The van der Waals surface area contributed by atoms with Gasteiger partial charge in [-0.1, -0.05) is 44.9 Å². The summed E-state index contributed by atoms with van der Waals surface area (Å²) < 4.78 is 24.0. The van der Waals surface area contributed by atoms with Gasteiger partial charge in [0.1, 0.15) is 28.5 Å². The van der Waals surface area contributed by atoms with Crippen LogP contribution in [-0.4, -0.2) is 40.8 Å². The SMILES string of the molecule is C/C=C(\CC)C(=O)N(C)C.C=C(N)CC(N)=Nc1ccccc1S(N)=O.C=CN=C(C)NC(=C)/C(F)=C\C. The second-order valence-electron chi connectivity index (χ2n) is 7.71. The molecule has 1 rings (SSSR count). The lowest BCUT2D eigenvalue weighted by molar-refractivity contribution is -0.124. The van der Waals surface area contributed by atoms with E-state index in [1.165, 1.54) is 12.3 Å². The first-order valence-corrected chi connectivity index (χ1v) is 12.8. The minimum atomic E-state index is -1.59. The van der Waals surface area contributed by atoms with Crippen LogP contribution in [0.2, 0.25) is 0 Å². The summed E-state index contributed by atoms with van der Waals surface area (Å²) in [5.74, 6) is 0.607. The van der Waals surface area contributed by atoms with Crippen LogP contribution in [-0.2, 0) is 15.8 Å². The van der Waals surface area contributed by atoms with Gasteiger partial charge >= 0.3 is 0 Å². The smallest absolute Gasteiger partial charge is 0.248 e. The van der Waals surface area contributed by atoms with E-state index in [2.05, 4.69) is 35.0 Å². The third-order valence-corrected chi connectivity index (χ3v) is 5.10. The van der Waals surface area contributed by atoms with Crippen molar-refractivity contribution in [2.45, 2.75) is 45.4 Å². The first kappa shape index (κ1) is 36.3. The zero-order chi connectivity index (χ0) is 29.8. The lowest BCUT2D eigenvalue weighted by Gasteiger charge is -2.11. The number of hydrogen-bond acceptors (Lipinski definition) is 5. The molecule has 0 aliphatic carbocycles. The molecule has 1 atom stereocenters. The van der Waals surface area contributed by atoms with E-state index < -0.39 is 11.0 Å². The Labute approximate surface area is 229 Å². The Kier molecular flexibility index (Phi) is 19.4. The van der Waals surface area contributed by atoms with E-state index in [1.807, 2.05) is 19.9 Å². The Hall–Kier alpha value is -3.83. The summed E-state index contributed by atoms with van der Waals surface area (Å²) in [4.78, 5) is 21.1. The molecule has 0 bridgehead atoms. The molecule has 1 aromatic carbocycles. The lowest BCUT2D eigenvalue weighted by Crippen LogP contribution is -2.23. The summed E-state index contributed by atoms with van der Waals surface area (Å²) in [5, 5.41) is 7.98. The molecule has 0 fully saturated rings. The maximum Gasteiger partial charge on any atom is 0.248 e. The maximum absolute atomic E-state index is 12.7. The molecule has 210 valence electrons. The monoisotopic (exact) mass is 547 g/mol. The van der Waals surface area contributed by atoms with Crippen molar-refractivity contribution in [3.05, 3.63) is 85.1 Å².